The molecular formula is C14H19NO5. The Balaban J connectivity index is 2.34. The van der Waals surface area contributed by atoms with Crippen LogP contribution in [0, 0.1) is 5.41 Å². The van der Waals surface area contributed by atoms with E-state index in [0.717, 1.165) is 6.42 Å². The molecule has 6 nitrogen and oxygen atoms in total. The molecule has 1 aromatic rings. The fourth-order valence-corrected chi connectivity index (χ4v) is 2.53. The van der Waals surface area contributed by atoms with Gasteiger partial charge in [0.1, 0.15) is 0 Å². The van der Waals surface area contributed by atoms with Gasteiger partial charge in [-0.1, -0.05) is 0 Å². The number of hydrogen-bond acceptors (Lipinski definition) is 5. The van der Waals surface area contributed by atoms with Crippen LogP contribution in [-0.4, -0.2) is 43.5 Å². The molecule has 1 saturated heterocycles. The fourth-order valence-electron chi connectivity index (χ4n) is 2.53. The SMILES string of the molecule is COc1ccnc(CC2(C(=O)O)CCCOC2)c1OC. The zero-order valence-corrected chi connectivity index (χ0v) is 11.7. The lowest BCUT2D eigenvalue weighted by atomic mass is 9.78. The molecule has 0 aromatic carbocycles. The summed E-state index contributed by atoms with van der Waals surface area (Å²) in [5.74, 6) is 0.180. The second-order valence-corrected chi connectivity index (χ2v) is 4.91. The van der Waals surface area contributed by atoms with Crippen LogP contribution in [-0.2, 0) is 16.0 Å². The molecule has 2 rings (SSSR count). The zero-order chi connectivity index (χ0) is 14.6. The topological polar surface area (TPSA) is 77.9 Å². The Bertz CT molecular complexity index is 482. The van der Waals surface area contributed by atoms with E-state index in [1.165, 1.54) is 14.2 Å². The van der Waals surface area contributed by atoms with Crippen molar-refractivity contribution in [2.24, 2.45) is 5.41 Å². The van der Waals surface area contributed by atoms with Crippen molar-refractivity contribution in [3.8, 4) is 11.5 Å². The van der Waals surface area contributed by atoms with E-state index in [2.05, 4.69) is 4.98 Å². The lowest BCUT2D eigenvalue weighted by Crippen LogP contribution is -2.41. The molecule has 0 bridgehead atoms. The summed E-state index contributed by atoms with van der Waals surface area (Å²) in [6.07, 6.45) is 3.17. The first-order chi connectivity index (χ1) is 9.63. The van der Waals surface area contributed by atoms with E-state index < -0.39 is 11.4 Å². The van der Waals surface area contributed by atoms with Crippen molar-refractivity contribution in [1.29, 1.82) is 0 Å². The van der Waals surface area contributed by atoms with Gasteiger partial charge in [0.05, 0.1) is 31.9 Å². The van der Waals surface area contributed by atoms with Gasteiger partial charge in [-0.2, -0.15) is 0 Å². The van der Waals surface area contributed by atoms with Crippen molar-refractivity contribution in [1.82, 2.24) is 4.98 Å². The van der Waals surface area contributed by atoms with Gasteiger partial charge < -0.3 is 19.3 Å². The summed E-state index contributed by atoms with van der Waals surface area (Å²) >= 11 is 0. The highest BCUT2D eigenvalue weighted by atomic mass is 16.5. The van der Waals surface area contributed by atoms with Crippen molar-refractivity contribution >= 4 is 5.97 Å². The summed E-state index contributed by atoms with van der Waals surface area (Å²) < 4.78 is 15.9. The first kappa shape index (κ1) is 14.6. The first-order valence-electron chi connectivity index (χ1n) is 6.50. The zero-order valence-electron chi connectivity index (χ0n) is 11.7. The number of rotatable bonds is 5. The number of carbonyl (C=O) groups is 1. The molecule has 0 amide bonds. The molecule has 1 fully saturated rings. The Morgan fingerprint density at radius 1 is 1.50 bits per heavy atom. The third-order valence-electron chi connectivity index (χ3n) is 3.65. The standard InChI is InChI=1S/C14H19NO5/c1-18-11-4-6-15-10(12(11)19-2)8-14(13(16)17)5-3-7-20-9-14/h4,6H,3,5,7-9H2,1-2H3,(H,16,17). The molecule has 1 aromatic heterocycles. The molecule has 2 heterocycles. The lowest BCUT2D eigenvalue weighted by molar-refractivity contribution is -0.157. The third-order valence-corrected chi connectivity index (χ3v) is 3.65. The van der Waals surface area contributed by atoms with E-state index in [-0.39, 0.29) is 13.0 Å². The lowest BCUT2D eigenvalue weighted by Gasteiger charge is -2.33. The minimum absolute atomic E-state index is 0.199. The molecule has 0 aliphatic carbocycles. The van der Waals surface area contributed by atoms with Gasteiger partial charge in [-0.3, -0.25) is 9.78 Å². The number of aromatic nitrogens is 1. The van der Waals surface area contributed by atoms with Crippen molar-refractivity contribution < 1.29 is 24.1 Å². The summed E-state index contributed by atoms with van der Waals surface area (Å²) in [6, 6.07) is 1.69. The molecule has 0 radical (unpaired) electrons. The van der Waals surface area contributed by atoms with Crippen molar-refractivity contribution in [2.75, 3.05) is 27.4 Å². The predicted molar refractivity (Wildman–Crippen MR) is 71.2 cm³/mol. The number of hydrogen-bond donors (Lipinski definition) is 1. The smallest absolute Gasteiger partial charge is 0.312 e. The highest BCUT2D eigenvalue weighted by Gasteiger charge is 2.42. The van der Waals surface area contributed by atoms with Gasteiger partial charge in [0.2, 0.25) is 0 Å². The molecule has 1 aliphatic rings. The summed E-state index contributed by atoms with van der Waals surface area (Å²) in [5.41, 5.74) is -0.356. The van der Waals surface area contributed by atoms with E-state index in [9.17, 15) is 9.90 Å². The Hall–Kier alpha value is -1.82. The van der Waals surface area contributed by atoms with Crippen LogP contribution >= 0.6 is 0 Å². The van der Waals surface area contributed by atoms with Crippen LogP contribution in [0.1, 0.15) is 18.5 Å². The second kappa shape index (κ2) is 6.09. The van der Waals surface area contributed by atoms with Crippen LogP contribution in [0.3, 0.4) is 0 Å². The average Bonchev–Trinajstić information content (AvgIpc) is 2.47. The van der Waals surface area contributed by atoms with Crippen molar-refractivity contribution in [2.45, 2.75) is 19.3 Å². The second-order valence-electron chi connectivity index (χ2n) is 4.91. The first-order valence-corrected chi connectivity index (χ1v) is 6.50. The highest BCUT2D eigenvalue weighted by Crippen LogP contribution is 2.37. The van der Waals surface area contributed by atoms with E-state index in [1.807, 2.05) is 0 Å². The largest absolute Gasteiger partial charge is 0.493 e. The van der Waals surface area contributed by atoms with Crippen molar-refractivity contribution in [3.05, 3.63) is 18.0 Å². The third kappa shape index (κ3) is 2.70. The number of nitrogens with zero attached hydrogens (tertiary/aromatic N) is 1. The van der Waals surface area contributed by atoms with Crippen LogP contribution in [0.4, 0.5) is 0 Å². The molecule has 1 atom stereocenters. The van der Waals surface area contributed by atoms with Gasteiger partial charge in [0.15, 0.2) is 11.5 Å². The summed E-state index contributed by atoms with van der Waals surface area (Å²) in [6.45, 7) is 0.808. The summed E-state index contributed by atoms with van der Waals surface area (Å²) in [4.78, 5) is 15.9. The minimum Gasteiger partial charge on any atom is -0.493 e. The van der Waals surface area contributed by atoms with Gasteiger partial charge in [-0.15, -0.1) is 0 Å². The maximum Gasteiger partial charge on any atom is 0.312 e. The Labute approximate surface area is 117 Å². The Morgan fingerprint density at radius 3 is 2.85 bits per heavy atom. The molecule has 110 valence electrons. The Morgan fingerprint density at radius 2 is 2.30 bits per heavy atom. The number of methoxy groups -OCH3 is 2. The van der Waals surface area contributed by atoms with Gasteiger partial charge in [-0.25, -0.2) is 0 Å². The van der Waals surface area contributed by atoms with E-state index in [1.54, 1.807) is 12.3 Å². The molecule has 0 saturated carbocycles. The normalized spacial score (nSPS) is 22.3. The van der Waals surface area contributed by atoms with E-state index in [4.69, 9.17) is 14.2 Å². The van der Waals surface area contributed by atoms with E-state index in [0.29, 0.717) is 30.2 Å². The van der Waals surface area contributed by atoms with Crippen LogP contribution in [0.15, 0.2) is 12.3 Å². The van der Waals surface area contributed by atoms with Gasteiger partial charge in [0.25, 0.3) is 0 Å². The van der Waals surface area contributed by atoms with Gasteiger partial charge in [-0.05, 0) is 12.8 Å². The maximum atomic E-state index is 11.7. The van der Waals surface area contributed by atoms with Crippen LogP contribution in [0.25, 0.3) is 0 Å². The number of carboxylic acid groups (broad SMARTS) is 1. The molecule has 0 spiro atoms. The molecule has 20 heavy (non-hydrogen) atoms. The fraction of sp³-hybridized carbons (Fsp3) is 0.571. The summed E-state index contributed by atoms with van der Waals surface area (Å²) in [7, 11) is 3.06. The van der Waals surface area contributed by atoms with Crippen molar-refractivity contribution in [3.63, 3.8) is 0 Å². The minimum atomic E-state index is -0.940. The number of aliphatic carboxylic acids is 1. The average molecular weight is 281 g/mol. The number of ether oxygens (including phenoxy) is 3. The monoisotopic (exact) mass is 281 g/mol. The molecule has 6 heteroatoms. The van der Waals surface area contributed by atoms with Crippen LogP contribution < -0.4 is 9.47 Å². The van der Waals surface area contributed by atoms with Crippen LogP contribution in [0.5, 0.6) is 11.5 Å². The van der Waals surface area contributed by atoms with E-state index >= 15 is 0 Å². The quantitative estimate of drug-likeness (QED) is 0.881. The summed E-state index contributed by atoms with van der Waals surface area (Å²) in [5, 5.41) is 9.56. The number of carboxylic acids is 1. The van der Waals surface area contributed by atoms with Gasteiger partial charge >= 0.3 is 5.97 Å². The highest BCUT2D eigenvalue weighted by molar-refractivity contribution is 5.75. The van der Waals surface area contributed by atoms with Gasteiger partial charge in [0, 0.05) is 25.3 Å². The Kier molecular flexibility index (Phi) is 4.44. The number of pyridine rings is 1. The predicted octanol–water partition coefficient (Wildman–Crippen LogP) is 1.52. The molecule has 1 N–H and O–H groups in total. The van der Waals surface area contributed by atoms with Crippen LogP contribution in [0.2, 0.25) is 0 Å². The molecule has 1 unspecified atom stereocenters. The molecule has 1 aliphatic heterocycles. The maximum absolute atomic E-state index is 11.7. The molecular weight excluding hydrogens is 262 g/mol.